The predicted molar refractivity (Wildman–Crippen MR) is 164 cm³/mol. The van der Waals surface area contributed by atoms with Crippen molar-refractivity contribution in [3.63, 3.8) is 0 Å². The molecule has 0 rings (SSSR count). The Labute approximate surface area is 242 Å². The zero-order valence-electron chi connectivity index (χ0n) is 25.7. The van der Waals surface area contributed by atoms with Gasteiger partial charge in [0.1, 0.15) is 0 Å². The third-order valence-electron chi connectivity index (χ3n) is 7.81. The molecule has 0 radical (unpaired) electrons. The average Bonchev–Trinajstić information content (AvgIpc) is 2.93. The van der Waals surface area contributed by atoms with Gasteiger partial charge in [-0.1, -0.05) is 154 Å². The molecule has 0 aliphatic carbocycles. The van der Waals surface area contributed by atoms with Crippen LogP contribution in [0.5, 0.6) is 0 Å². The van der Waals surface area contributed by atoms with Crippen molar-refractivity contribution < 1.29 is 24.5 Å². The number of aliphatic hydroxyl groups is 2. The van der Waals surface area contributed by atoms with E-state index in [2.05, 4.69) is 0 Å². The lowest BCUT2D eigenvalue weighted by Gasteiger charge is -2.05. The Morgan fingerprint density at radius 1 is 0.308 bits per heavy atom. The van der Waals surface area contributed by atoms with Crippen LogP contribution in [0.2, 0.25) is 0 Å². The highest BCUT2D eigenvalue weighted by Gasteiger charge is 2.10. The zero-order valence-corrected chi connectivity index (χ0v) is 25.7. The Balaban J connectivity index is 3.27. The molecule has 0 aromatic rings. The molecule has 5 nitrogen and oxygen atoms in total. The van der Waals surface area contributed by atoms with Gasteiger partial charge in [0.25, 0.3) is 0 Å². The molecule has 0 bridgehead atoms. The van der Waals surface area contributed by atoms with Gasteiger partial charge in [-0.05, 0) is 25.7 Å². The van der Waals surface area contributed by atoms with E-state index in [1.165, 1.54) is 128 Å². The maximum Gasteiger partial charge on any atom is 0.313 e. The highest BCUT2D eigenvalue weighted by Crippen LogP contribution is 2.15. The van der Waals surface area contributed by atoms with Gasteiger partial charge in [-0.15, -0.1) is 0 Å². The van der Waals surface area contributed by atoms with Crippen LogP contribution in [0.15, 0.2) is 0 Å². The molecular weight excluding hydrogens is 488 g/mol. The Hall–Kier alpha value is -0.940. The summed E-state index contributed by atoms with van der Waals surface area (Å²) in [7, 11) is 0. The van der Waals surface area contributed by atoms with Gasteiger partial charge < -0.3 is 14.9 Å². The van der Waals surface area contributed by atoms with Gasteiger partial charge in [-0.2, -0.15) is 0 Å². The fourth-order valence-corrected chi connectivity index (χ4v) is 5.23. The second-order valence-corrected chi connectivity index (χ2v) is 11.7. The van der Waals surface area contributed by atoms with Crippen LogP contribution in [0.4, 0.5) is 0 Å². The van der Waals surface area contributed by atoms with E-state index in [0.29, 0.717) is 26.1 Å². The number of unbranched alkanes of at least 4 members (excludes halogenated alkanes) is 26. The first-order chi connectivity index (χ1) is 19.2. The number of carbonyl (C=O) groups excluding carboxylic acids is 2. The van der Waals surface area contributed by atoms with Gasteiger partial charge in [0.2, 0.25) is 0 Å². The lowest BCUT2D eigenvalue weighted by molar-refractivity contribution is -0.159. The summed E-state index contributed by atoms with van der Waals surface area (Å²) < 4.78 is 4.99. The molecule has 232 valence electrons. The highest BCUT2D eigenvalue weighted by atomic mass is 16.6. The van der Waals surface area contributed by atoms with Gasteiger partial charge in [-0.25, -0.2) is 0 Å². The van der Waals surface area contributed by atoms with E-state index in [4.69, 9.17) is 14.9 Å². The van der Waals surface area contributed by atoms with Crippen molar-refractivity contribution in [3.05, 3.63) is 0 Å². The molecule has 2 N–H and O–H groups in total. The van der Waals surface area contributed by atoms with Crippen molar-refractivity contribution in [1.29, 1.82) is 0 Å². The zero-order chi connectivity index (χ0) is 28.5. The third kappa shape index (κ3) is 33.2. The molecule has 0 aliphatic rings. The van der Waals surface area contributed by atoms with Crippen LogP contribution >= 0.6 is 0 Å². The average molecular weight is 555 g/mol. The van der Waals surface area contributed by atoms with Crippen molar-refractivity contribution in [3.8, 4) is 0 Å². The summed E-state index contributed by atoms with van der Waals surface area (Å²) in [5, 5.41) is 17.5. The van der Waals surface area contributed by atoms with Gasteiger partial charge in [0.05, 0.1) is 0 Å². The first-order valence-electron chi connectivity index (χ1n) is 17.2. The Kier molecular flexibility index (Phi) is 32.5. The minimum Gasteiger partial charge on any atom is -0.396 e. The molecule has 0 aromatic carbocycles. The predicted octanol–water partition coefficient (Wildman–Crippen LogP) is 9.74. The van der Waals surface area contributed by atoms with E-state index >= 15 is 0 Å². The number of esters is 2. The van der Waals surface area contributed by atoms with Crippen LogP contribution in [-0.2, 0) is 14.3 Å². The summed E-state index contributed by atoms with van der Waals surface area (Å²) in [6.45, 7) is 0.667. The fourth-order valence-electron chi connectivity index (χ4n) is 5.23. The van der Waals surface area contributed by atoms with Gasteiger partial charge in [0, 0.05) is 26.1 Å². The molecule has 39 heavy (non-hydrogen) atoms. The summed E-state index contributed by atoms with van der Waals surface area (Å²) in [6.07, 6.45) is 34.6. The standard InChI is InChI=1S/C34H66O5/c35-31-27-23-19-15-11-7-3-1-2-5-9-13-17-21-25-29-33(37)39-34(38)30-26-22-18-14-10-6-4-8-12-16-20-24-28-32-36/h35-36H,1-32H2. The summed E-state index contributed by atoms with van der Waals surface area (Å²) >= 11 is 0. The number of ether oxygens (including phenoxy) is 1. The van der Waals surface area contributed by atoms with E-state index in [0.717, 1.165) is 51.4 Å². The van der Waals surface area contributed by atoms with E-state index < -0.39 is 0 Å². The van der Waals surface area contributed by atoms with E-state index in [1.807, 2.05) is 0 Å². The number of carbonyl (C=O) groups is 2. The largest absolute Gasteiger partial charge is 0.396 e. The maximum absolute atomic E-state index is 11.9. The van der Waals surface area contributed by atoms with Gasteiger partial charge in [-0.3, -0.25) is 9.59 Å². The summed E-state index contributed by atoms with van der Waals surface area (Å²) in [5.41, 5.74) is 0. The van der Waals surface area contributed by atoms with Crippen LogP contribution in [0.1, 0.15) is 193 Å². The van der Waals surface area contributed by atoms with Crippen LogP contribution in [-0.4, -0.2) is 35.4 Å². The summed E-state index contributed by atoms with van der Waals surface area (Å²) in [5.74, 6) is -0.692. The summed E-state index contributed by atoms with van der Waals surface area (Å²) in [4.78, 5) is 23.8. The number of hydrogen-bond donors (Lipinski definition) is 2. The normalized spacial score (nSPS) is 11.2. The minimum absolute atomic E-state index is 0.329. The monoisotopic (exact) mass is 554 g/mol. The minimum atomic E-state index is -0.347. The van der Waals surface area contributed by atoms with Crippen molar-refractivity contribution in [2.24, 2.45) is 0 Å². The third-order valence-corrected chi connectivity index (χ3v) is 7.81. The van der Waals surface area contributed by atoms with E-state index in [-0.39, 0.29) is 11.9 Å². The quantitative estimate of drug-likeness (QED) is 0.0491. The molecule has 0 unspecified atom stereocenters. The molecule has 0 saturated carbocycles. The first-order valence-corrected chi connectivity index (χ1v) is 17.2. The molecule has 0 aromatic heterocycles. The topological polar surface area (TPSA) is 83.8 Å². The highest BCUT2D eigenvalue weighted by molar-refractivity contribution is 5.85. The van der Waals surface area contributed by atoms with Gasteiger partial charge in [0.15, 0.2) is 0 Å². The van der Waals surface area contributed by atoms with Crippen molar-refractivity contribution in [2.45, 2.75) is 193 Å². The van der Waals surface area contributed by atoms with Crippen LogP contribution < -0.4 is 0 Å². The number of aliphatic hydroxyl groups excluding tert-OH is 2. The molecule has 0 aliphatic heterocycles. The fraction of sp³-hybridized carbons (Fsp3) is 0.941. The lowest BCUT2D eigenvalue weighted by atomic mass is 10.0. The molecule has 0 heterocycles. The Morgan fingerprint density at radius 3 is 0.692 bits per heavy atom. The SMILES string of the molecule is O=C(CCCCCCCCCCCCCCCO)OC(=O)CCCCCCCCCCCCCCCCCO. The Morgan fingerprint density at radius 2 is 0.487 bits per heavy atom. The molecule has 0 amide bonds. The smallest absolute Gasteiger partial charge is 0.313 e. The molecule has 0 atom stereocenters. The molecule has 0 saturated heterocycles. The van der Waals surface area contributed by atoms with Crippen molar-refractivity contribution in [1.82, 2.24) is 0 Å². The van der Waals surface area contributed by atoms with Crippen LogP contribution in [0.25, 0.3) is 0 Å². The number of hydrogen-bond acceptors (Lipinski definition) is 5. The second kappa shape index (κ2) is 33.3. The molecular formula is C34H66O5. The van der Waals surface area contributed by atoms with Gasteiger partial charge >= 0.3 is 11.9 Å². The second-order valence-electron chi connectivity index (χ2n) is 11.7. The molecule has 0 spiro atoms. The Bertz CT molecular complexity index is 508. The van der Waals surface area contributed by atoms with Crippen LogP contribution in [0.3, 0.4) is 0 Å². The summed E-state index contributed by atoms with van der Waals surface area (Å²) in [6, 6.07) is 0. The maximum atomic E-state index is 11.9. The van der Waals surface area contributed by atoms with E-state index in [9.17, 15) is 9.59 Å². The molecule has 5 heteroatoms. The number of rotatable bonds is 32. The first kappa shape index (κ1) is 38.1. The van der Waals surface area contributed by atoms with E-state index in [1.54, 1.807) is 0 Å². The van der Waals surface area contributed by atoms with Crippen molar-refractivity contribution in [2.75, 3.05) is 13.2 Å². The molecule has 0 fully saturated rings. The van der Waals surface area contributed by atoms with Crippen LogP contribution in [0, 0.1) is 0 Å². The lowest BCUT2D eigenvalue weighted by Crippen LogP contribution is -2.11. The van der Waals surface area contributed by atoms with Crippen molar-refractivity contribution >= 4 is 11.9 Å².